The third-order valence-electron chi connectivity index (χ3n) is 7.64. The van der Waals surface area contributed by atoms with Gasteiger partial charge in [0.15, 0.2) is 0 Å². The van der Waals surface area contributed by atoms with E-state index >= 15 is 0 Å². The van der Waals surface area contributed by atoms with Gasteiger partial charge in [0.1, 0.15) is 23.4 Å². The van der Waals surface area contributed by atoms with E-state index in [1.807, 2.05) is 13.8 Å². The van der Waals surface area contributed by atoms with Crippen molar-refractivity contribution in [2.45, 2.75) is 76.4 Å². The Morgan fingerprint density at radius 1 is 0.849 bits per heavy atom. The Kier molecular flexibility index (Phi) is 17.3. The third-order valence-corrected chi connectivity index (χ3v) is 17.6. The number of carbonyl (C=O) groups excluding carboxylic acids is 2. The summed E-state index contributed by atoms with van der Waals surface area (Å²) in [5, 5.41) is 16.7. The lowest BCUT2D eigenvalue weighted by atomic mass is 10.1. The molecule has 0 bridgehead atoms. The number of hydrogen-bond donors (Lipinski definition) is 4. The predicted molar refractivity (Wildman–Crippen MR) is 201 cm³/mol. The Morgan fingerprint density at radius 2 is 1.32 bits per heavy atom. The van der Waals surface area contributed by atoms with Crippen LogP contribution in [0.25, 0.3) is 0 Å². The van der Waals surface area contributed by atoms with Crippen LogP contribution in [0.2, 0.25) is 0 Å². The van der Waals surface area contributed by atoms with Crippen LogP contribution in [-0.4, -0.2) is 107 Å². The van der Waals surface area contributed by atoms with Gasteiger partial charge in [-0.15, -0.1) is 35.1 Å². The summed E-state index contributed by atoms with van der Waals surface area (Å²) >= 11 is 1.30. The Morgan fingerprint density at radius 3 is 1.74 bits per heavy atom. The lowest BCUT2D eigenvalue weighted by Crippen LogP contribution is -2.44. The standard InChI is InChI=1S/2C14H23N3O6S3.ClH/c1-4-16-11-8-17(5-6-23-13(18)9(2)3)26(21,22)14-10(11)7-12(24-14)25(15,19)20;1-3-5-16-12-9-17(6-4-7-23-10(2)18)26(21,22)14-11(12)8-13(24-14)25(15,19)20;/h7,9,11,16H,4-6,8H2,1-3H3,(H2,15,19,20);8,12,16H,3-7,9H2,1-2H3,(H2,15,19,20);1H/t;12-;/m.0./s1. The van der Waals surface area contributed by atoms with Gasteiger partial charge in [0, 0.05) is 56.3 Å². The number of hydrogen-bond acceptors (Lipinski definition) is 16. The Balaban J connectivity index is 0.000000360. The largest absolute Gasteiger partial charge is 0.466 e. The van der Waals surface area contributed by atoms with Crippen LogP contribution in [-0.2, 0) is 59.2 Å². The fraction of sp³-hybridized carbons (Fsp3) is 0.643. The molecule has 2 atom stereocenters. The number of thiophene rings is 2. The number of sulfonamides is 4. The fourth-order valence-electron chi connectivity index (χ4n) is 5.14. The van der Waals surface area contributed by atoms with E-state index in [-0.39, 0.29) is 86.6 Å². The van der Waals surface area contributed by atoms with Crippen molar-refractivity contribution < 1.29 is 52.7 Å². The molecule has 4 heterocycles. The van der Waals surface area contributed by atoms with Gasteiger partial charge >= 0.3 is 11.9 Å². The molecule has 0 aliphatic carbocycles. The van der Waals surface area contributed by atoms with Gasteiger partial charge in [-0.2, -0.15) is 8.61 Å². The van der Waals surface area contributed by atoms with Crippen LogP contribution in [0.5, 0.6) is 0 Å². The molecule has 25 heteroatoms. The zero-order valence-corrected chi connectivity index (χ0v) is 35.5. The average Bonchev–Trinajstić information content (AvgIpc) is 3.70. The molecule has 2 aromatic rings. The maximum absolute atomic E-state index is 12.9. The average molecular weight is 888 g/mol. The SMILES string of the molecule is CCCN[C@H]1CN(CCCOC(C)=O)S(=O)(=O)c2sc(S(N)(=O)=O)cc21.CCNC1CN(CCOC(=O)C(C)C)S(=O)(=O)c2sc(S(N)(=O)=O)cc21.Cl. The quantitative estimate of drug-likeness (QED) is 0.144. The summed E-state index contributed by atoms with van der Waals surface area (Å²) in [5.41, 5.74) is 0.833. The number of fused-ring (bicyclic) bond motifs is 2. The number of rotatable bonds is 15. The van der Waals surface area contributed by atoms with Gasteiger partial charge in [-0.1, -0.05) is 27.7 Å². The zero-order chi connectivity index (χ0) is 39.2. The molecule has 0 aromatic carbocycles. The summed E-state index contributed by atoms with van der Waals surface area (Å²) in [5.74, 6) is -1.13. The molecule has 4 rings (SSSR count). The number of esters is 2. The van der Waals surface area contributed by atoms with Crippen LogP contribution in [0.4, 0.5) is 0 Å². The number of nitrogens with two attached hydrogens (primary N) is 2. The molecule has 18 nitrogen and oxygen atoms in total. The van der Waals surface area contributed by atoms with Gasteiger partial charge in [0.25, 0.3) is 20.0 Å². The van der Waals surface area contributed by atoms with Crippen molar-refractivity contribution >= 4 is 87.1 Å². The van der Waals surface area contributed by atoms with Crippen molar-refractivity contribution in [1.29, 1.82) is 0 Å². The van der Waals surface area contributed by atoms with Gasteiger partial charge in [0.2, 0.25) is 20.0 Å². The number of primary sulfonamides is 2. The summed E-state index contributed by atoms with van der Waals surface area (Å²) in [4.78, 5) is 22.4. The van der Waals surface area contributed by atoms with E-state index in [0.717, 1.165) is 6.42 Å². The summed E-state index contributed by atoms with van der Waals surface area (Å²) in [6.45, 7) is 10.2. The number of nitrogens with zero attached hydrogens (tertiary/aromatic N) is 2. The highest BCUT2D eigenvalue weighted by atomic mass is 35.5. The predicted octanol–water partition coefficient (Wildman–Crippen LogP) is 1.07. The maximum Gasteiger partial charge on any atom is 0.308 e. The Labute approximate surface area is 325 Å². The molecule has 0 amide bonds. The van der Waals surface area contributed by atoms with E-state index in [9.17, 15) is 43.3 Å². The minimum atomic E-state index is -4.00. The van der Waals surface area contributed by atoms with Crippen molar-refractivity contribution in [3.05, 3.63) is 23.3 Å². The molecule has 2 aromatic heterocycles. The Hall–Kier alpha value is -1.81. The first-order valence-electron chi connectivity index (χ1n) is 16.2. The van der Waals surface area contributed by atoms with E-state index in [0.29, 0.717) is 53.3 Å². The normalized spacial score (nSPS) is 19.6. The highest BCUT2D eigenvalue weighted by Crippen LogP contribution is 2.41. The molecule has 2 aliphatic heterocycles. The molecular weight excluding hydrogens is 840 g/mol. The van der Waals surface area contributed by atoms with Crippen molar-refractivity contribution in [3.8, 4) is 0 Å². The fourth-order valence-corrected chi connectivity index (χ4v) is 13.7. The minimum absolute atomic E-state index is 0. The highest BCUT2D eigenvalue weighted by molar-refractivity contribution is 7.94. The number of likely N-dealkylation sites (N-methyl/N-ethyl adjacent to an activating group) is 1. The van der Waals surface area contributed by atoms with Crippen LogP contribution < -0.4 is 20.9 Å². The van der Waals surface area contributed by atoms with E-state index < -0.39 is 52.0 Å². The summed E-state index contributed by atoms with van der Waals surface area (Å²) in [6, 6.07) is 1.97. The van der Waals surface area contributed by atoms with Crippen LogP contribution in [0, 0.1) is 5.92 Å². The smallest absolute Gasteiger partial charge is 0.308 e. The van der Waals surface area contributed by atoms with E-state index in [2.05, 4.69) is 10.6 Å². The summed E-state index contributed by atoms with van der Waals surface area (Å²) in [7, 11) is -15.7. The summed E-state index contributed by atoms with van der Waals surface area (Å²) < 4.78 is 110. The topological polar surface area (TPSA) is 272 Å². The van der Waals surface area contributed by atoms with E-state index in [1.165, 1.54) is 27.7 Å². The third kappa shape index (κ3) is 12.1. The second-order valence-corrected chi connectivity index (χ2v) is 22.0. The molecule has 0 saturated heterocycles. The monoisotopic (exact) mass is 886 g/mol. The number of carbonyl (C=O) groups is 2. The van der Waals surface area contributed by atoms with Gasteiger partial charge < -0.3 is 20.1 Å². The molecule has 6 N–H and O–H groups in total. The first-order valence-corrected chi connectivity index (χ1v) is 23.8. The van der Waals surface area contributed by atoms with Gasteiger partial charge in [-0.25, -0.2) is 43.9 Å². The van der Waals surface area contributed by atoms with E-state index in [1.54, 1.807) is 13.8 Å². The molecule has 0 spiro atoms. The van der Waals surface area contributed by atoms with Crippen molar-refractivity contribution in [2.24, 2.45) is 16.2 Å². The molecular formula is C28H47ClN6O12S6. The second kappa shape index (κ2) is 19.4. The van der Waals surface area contributed by atoms with Gasteiger partial charge in [0.05, 0.1) is 12.5 Å². The molecule has 0 saturated carbocycles. The van der Waals surface area contributed by atoms with Gasteiger partial charge in [-0.3, -0.25) is 9.59 Å². The van der Waals surface area contributed by atoms with Crippen LogP contribution in [0.3, 0.4) is 0 Å². The first-order chi connectivity index (χ1) is 24.0. The summed E-state index contributed by atoms with van der Waals surface area (Å²) in [6.07, 6.45) is 1.19. The minimum Gasteiger partial charge on any atom is -0.466 e. The first kappa shape index (κ1) is 47.3. The molecule has 53 heavy (non-hydrogen) atoms. The zero-order valence-electron chi connectivity index (χ0n) is 29.8. The van der Waals surface area contributed by atoms with Gasteiger partial charge in [-0.05, 0) is 38.1 Å². The van der Waals surface area contributed by atoms with Crippen LogP contribution >= 0.6 is 35.1 Å². The van der Waals surface area contributed by atoms with Crippen molar-refractivity contribution in [1.82, 2.24) is 19.2 Å². The lowest BCUT2D eigenvalue weighted by Gasteiger charge is -2.32. The molecule has 0 fully saturated rings. The highest BCUT2D eigenvalue weighted by Gasteiger charge is 2.41. The molecule has 2 aliphatic rings. The van der Waals surface area contributed by atoms with Crippen LogP contribution in [0.15, 0.2) is 29.0 Å². The molecule has 1 unspecified atom stereocenters. The van der Waals surface area contributed by atoms with Crippen LogP contribution in [0.1, 0.15) is 70.7 Å². The maximum atomic E-state index is 12.9. The van der Waals surface area contributed by atoms with Crippen molar-refractivity contribution in [3.63, 3.8) is 0 Å². The Bertz CT molecular complexity index is 2040. The second-order valence-electron chi connectivity index (χ2n) is 12.1. The van der Waals surface area contributed by atoms with Crippen molar-refractivity contribution in [2.75, 3.05) is 52.5 Å². The van der Waals surface area contributed by atoms with E-state index in [4.69, 9.17) is 19.8 Å². The number of ether oxygens (including phenoxy) is 2. The lowest BCUT2D eigenvalue weighted by molar-refractivity contribution is -0.147. The molecule has 0 radical (unpaired) electrons. The number of halogens is 1. The molecule has 304 valence electrons. The number of nitrogens with one attached hydrogen (secondary N) is 2.